The first kappa shape index (κ1) is 19.7. The van der Waals surface area contributed by atoms with E-state index in [0.29, 0.717) is 0 Å². The molecule has 0 aromatic carbocycles. The maximum atomic E-state index is 12.7. The predicted molar refractivity (Wildman–Crippen MR) is 78.4 cm³/mol. The van der Waals surface area contributed by atoms with Gasteiger partial charge in [-0.05, 0) is 38.5 Å². The van der Waals surface area contributed by atoms with E-state index in [0.717, 1.165) is 17.2 Å². The van der Waals surface area contributed by atoms with E-state index in [1.165, 1.54) is 13.1 Å². The summed E-state index contributed by atoms with van der Waals surface area (Å²) in [5, 5.41) is 9.29. The van der Waals surface area contributed by atoms with Crippen molar-refractivity contribution < 1.29 is 32.6 Å². The summed E-state index contributed by atoms with van der Waals surface area (Å²) in [6.45, 7) is 4.85. The number of halogens is 3. The van der Waals surface area contributed by atoms with Gasteiger partial charge >= 0.3 is 18.2 Å². The van der Waals surface area contributed by atoms with E-state index in [1.807, 2.05) is 0 Å². The number of carboxylic acid groups (broad SMARTS) is 1. The van der Waals surface area contributed by atoms with Crippen molar-refractivity contribution in [2.45, 2.75) is 45.0 Å². The summed E-state index contributed by atoms with van der Waals surface area (Å²) >= 11 is 0. The SMILES string of the molecule is CN(C(=O)OC(C)(C)C)[C@@H](Cc1ccnc(C(F)(F)F)c1)C(=O)O. The van der Waals surface area contributed by atoms with E-state index in [1.54, 1.807) is 20.8 Å². The quantitative estimate of drug-likeness (QED) is 0.905. The number of pyridine rings is 1. The Morgan fingerprint density at radius 3 is 2.38 bits per heavy atom. The molecule has 0 aliphatic carbocycles. The molecule has 1 aromatic heterocycles. The number of hydrogen-bond acceptors (Lipinski definition) is 4. The second-order valence-corrected chi connectivity index (χ2v) is 6.20. The number of aromatic nitrogens is 1. The first-order valence-electron chi connectivity index (χ1n) is 7.02. The van der Waals surface area contributed by atoms with Crippen molar-refractivity contribution >= 4 is 12.1 Å². The largest absolute Gasteiger partial charge is 0.480 e. The van der Waals surface area contributed by atoms with Gasteiger partial charge in [-0.3, -0.25) is 9.88 Å². The first-order valence-corrected chi connectivity index (χ1v) is 7.02. The molecule has 0 unspecified atom stereocenters. The van der Waals surface area contributed by atoms with Crippen LogP contribution in [0.1, 0.15) is 32.0 Å². The van der Waals surface area contributed by atoms with Crippen molar-refractivity contribution in [3.05, 3.63) is 29.6 Å². The van der Waals surface area contributed by atoms with Gasteiger partial charge < -0.3 is 9.84 Å². The molecular weight excluding hydrogens is 329 g/mol. The molecule has 0 saturated heterocycles. The molecule has 134 valence electrons. The summed E-state index contributed by atoms with van der Waals surface area (Å²) in [4.78, 5) is 27.4. The molecule has 1 aromatic rings. The number of ether oxygens (including phenoxy) is 1. The number of carbonyl (C=O) groups is 2. The normalized spacial score (nSPS) is 13.3. The average molecular weight is 348 g/mol. The van der Waals surface area contributed by atoms with Gasteiger partial charge in [0.2, 0.25) is 0 Å². The van der Waals surface area contributed by atoms with Crippen molar-refractivity contribution in [3.63, 3.8) is 0 Å². The lowest BCUT2D eigenvalue weighted by Crippen LogP contribution is -2.46. The molecule has 0 radical (unpaired) electrons. The highest BCUT2D eigenvalue weighted by atomic mass is 19.4. The molecule has 6 nitrogen and oxygen atoms in total. The van der Waals surface area contributed by atoms with E-state index in [4.69, 9.17) is 4.74 Å². The smallest absolute Gasteiger partial charge is 0.433 e. The number of rotatable bonds is 4. The zero-order valence-electron chi connectivity index (χ0n) is 13.7. The molecule has 1 amide bonds. The molecule has 9 heteroatoms. The number of aliphatic carboxylic acids is 1. The van der Waals surface area contributed by atoms with Crippen molar-refractivity contribution in [1.82, 2.24) is 9.88 Å². The fraction of sp³-hybridized carbons (Fsp3) is 0.533. The van der Waals surface area contributed by atoms with Gasteiger partial charge in [0, 0.05) is 19.7 Å². The van der Waals surface area contributed by atoms with Crippen LogP contribution in [0.15, 0.2) is 18.3 Å². The summed E-state index contributed by atoms with van der Waals surface area (Å²) < 4.78 is 43.1. The fourth-order valence-corrected chi connectivity index (χ4v) is 1.83. The molecule has 1 atom stereocenters. The standard InChI is InChI=1S/C15H19F3N2O4/c1-14(2,3)24-13(23)20(4)10(12(21)22)7-9-5-6-19-11(8-9)15(16,17)18/h5-6,8,10H,7H2,1-4H3,(H,21,22)/t10-/m0/s1. The van der Waals surface area contributed by atoms with Crippen LogP contribution in [0.3, 0.4) is 0 Å². The topological polar surface area (TPSA) is 79.7 Å². The van der Waals surface area contributed by atoms with Gasteiger partial charge in [0.25, 0.3) is 0 Å². The van der Waals surface area contributed by atoms with E-state index in [2.05, 4.69) is 4.98 Å². The molecule has 0 saturated carbocycles. The Morgan fingerprint density at radius 1 is 1.33 bits per heavy atom. The Kier molecular flexibility index (Phi) is 5.80. The van der Waals surface area contributed by atoms with Gasteiger partial charge in [0.15, 0.2) is 0 Å². The second kappa shape index (κ2) is 7.06. The lowest BCUT2D eigenvalue weighted by molar-refractivity contribution is -0.142. The Hall–Kier alpha value is -2.32. The summed E-state index contributed by atoms with van der Waals surface area (Å²) in [5.41, 5.74) is -1.85. The number of likely N-dealkylation sites (N-methyl/N-ethyl adjacent to an activating group) is 1. The van der Waals surface area contributed by atoms with E-state index >= 15 is 0 Å². The molecule has 0 spiro atoms. The van der Waals surface area contributed by atoms with E-state index in [9.17, 15) is 27.9 Å². The maximum absolute atomic E-state index is 12.7. The lowest BCUT2D eigenvalue weighted by Gasteiger charge is -2.28. The molecule has 0 bridgehead atoms. The van der Waals surface area contributed by atoms with Gasteiger partial charge in [0.1, 0.15) is 17.3 Å². The highest BCUT2D eigenvalue weighted by Gasteiger charge is 2.34. The minimum Gasteiger partial charge on any atom is -0.480 e. The van der Waals surface area contributed by atoms with Crippen LogP contribution in [0.5, 0.6) is 0 Å². The van der Waals surface area contributed by atoms with Crippen LogP contribution in [0.4, 0.5) is 18.0 Å². The Labute approximate surface area is 137 Å². The fourth-order valence-electron chi connectivity index (χ4n) is 1.83. The molecule has 0 fully saturated rings. The number of alkyl halides is 3. The van der Waals surface area contributed by atoms with Gasteiger partial charge in [-0.2, -0.15) is 13.2 Å². The predicted octanol–water partition coefficient (Wildman–Crippen LogP) is 2.96. The summed E-state index contributed by atoms with van der Waals surface area (Å²) in [6.07, 6.45) is -4.87. The molecule has 1 N–H and O–H groups in total. The average Bonchev–Trinajstić information content (AvgIpc) is 2.41. The van der Waals surface area contributed by atoms with Crippen LogP contribution in [0, 0.1) is 0 Å². The molecule has 0 aliphatic rings. The Morgan fingerprint density at radius 2 is 1.92 bits per heavy atom. The van der Waals surface area contributed by atoms with Crippen LogP contribution in [0.2, 0.25) is 0 Å². The first-order chi connectivity index (χ1) is 10.8. The second-order valence-electron chi connectivity index (χ2n) is 6.20. The molecule has 1 heterocycles. The lowest BCUT2D eigenvalue weighted by atomic mass is 10.1. The number of hydrogen-bond donors (Lipinski definition) is 1. The number of amides is 1. The van der Waals surface area contributed by atoms with E-state index < -0.39 is 35.6 Å². The van der Waals surface area contributed by atoms with Gasteiger partial charge in [-0.15, -0.1) is 0 Å². The minimum absolute atomic E-state index is 0.0973. The summed E-state index contributed by atoms with van der Waals surface area (Å²) in [6, 6.07) is 0.663. The number of carbonyl (C=O) groups excluding carboxylic acids is 1. The van der Waals surface area contributed by atoms with Crippen LogP contribution >= 0.6 is 0 Å². The highest BCUT2D eigenvalue weighted by molar-refractivity contribution is 5.80. The zero-order valence-corrected chi connectivity index (χ0v) is 13.7. The molecule has 24 heavy (non-hydrogen) atoms. The third-order valence-corrected chi connectivity index (χ3v) is 2.98. The van der Waals surface area contributed by atoms with Gasteiger partial charge in [0.05, 0.1) is 0 Å². The minimum atomic E-state index is -4.63. The van der Waals surface area contributed by atoms with Gasteiger partial charge in [-0.1, -0.05) is 0 Å². The number of carboxylic acids is 1. The Bertz CT molecular complexity index is 611. The molecule has 0 aliphatic heterocycles. The third-order valence-electron chi connectivity index (χ3n) is 2.98. The van der Waals surface area contributed by atoms with Gasteiger partial charge in [-0.25, -0.2) is 9.59 Å². The summed E-state index contributed by atoms with van der Waals surface area (Å²) in [7, 11) is 1.22. The molecule has 1 rings (SSSR count). The van der Waals surface area contributed by atoms with E-state index in [-0.39, 0.29) is 12.0 Å². The van der Waals surface area contributed by atoms with Crippen molar-refractivity contribution in [2.24, 2.45) is 0 Å². The van der Waals surface area contributed by atoms with Crippen molar-refractivity contribution in [3.8, 4) is 0 Å². The van der Waals surface area contributed by atoms with Crippen LogP contribution in [-0.2, 0) is 22.1 Å². The molecular formula is C15H19F3N2O4. The maximum Gasteiger partial charge on any atom is 0.433 e. The van der Waals surface area contributed by atoms with Crippen LogP contribution in [-0.4, -0.2) is 45.7 Å². The third kappa shape index (κ3) is 5.71. The Balaban J connectivity index is 2.99. The van der Waals surface area contributed by atoms with Crippen LogP contribution < -0.4 is 0 Å². The van der Waals surface area contributed by atoms with Crippen LogP contribution in [0.25, 0.3) is 0 Å². The highest BCUT2D eigenvalue weighted by Crippen LogP contribution is 2.28. The zero-order chi connectivity index (χ0) is 18.7. The number of nitrogens with zero attached hydrogens (tertiary/aromatic N) is 2. The van der Waals surface area contributed by atoms with Crippen molar-refractivity contribution in [2.75, 3.05) is 7.05 Å². The summed E-state index contributed by atoms with van der Waals surface area (Å²) in [5.74, 6) is -1.35. The van der Waals surface area contributed by atoms with Crippen molar-refractivity contribution in [1.29, 1.82) is 0 Å². The monoisotopic (exact) mass is 348 g/mol.